The Morgan fingerprint density at radius 1 is 1.32 bits per heavy atom. The van der Waals surface area contributed by atoms with E-state index in [0.717, 1.165) is 31.2 Å². The lowest BCUT2D eigenvalue weighted by Gasteiger charge is -2.30. The van der Waals surface area contributed by atoms with Crippen molar-refractivity contribution in [3.8, 4) is 0 Å². The van der Waals surface area contributed by atoms with Crippen molar-refractivity contribution in [2.45, 2.75) is 45.6 Å². The molecule has 1 aliphatic heterocycles. The molecule has 0 bridgehead atoms. The summed E-state index contributed by atoms with van der Waals surface area (Å²) in [7, 11) is 0. The summed E-state index contributed by atoms with van der Waals surface area (Å²) in [5.41, 5.74) is 3.63. The molecule has 0 spiro atoms. The fraction of sp³-hybridized carbons (Fsp3) is 0.588. The first kappa shape index (κ1) is 15.0. The third-order valence-electron chi connectivity index (χ3n) is 4.75. The van der Waals surface area contributed by atoms with Crippen molar-refractivity contribution in [3.05, 3.63) is 29.1 Å². The lowest BCUT2D eigenvalue weighted by molar-refractivity contribution is -0.134. The highest BCUT2D eigenvalue weighted by Gasteiger charge is 2.25. The molecule has 118 valence electrons. The second-order valence-corrected chi connectivity index (χ2v) is 6.30. The van der Waals surface area contributed by atoms with Crippen LogP contribution in [0.25, 0.3) is 0 Å². The molecule has 0 radical (unpaired) electrons. The first-order valence-corrected chi connectivity index (χ1v) is 8.13. The zero-order valence-corrected chi connectivity index (χ0v) is 13.1. The van der Waals surface area contributed by atoms with Gasteiger partial charge in [0.25, 0.3) is 0 Å². The van der Waals surface area contributed by atoms with Gasteiger partial charge >= 0.3 is 0 Å². The molecule has 3 rings (SSSR count). The number of nitrogens with zero attached hydrogens (tertiary/aromatic N) is 2. The van der Waals surface area contributed by atoms with Crippen molar-refractivity contribution in [2.24, 2.45) is 5.92 Å². The van der Waals surface area contributed by atoms with Crippen LogP contribution in [0.3, 0.4) is 0 Å². The highest BCUT2D eigenvalue weighted by molar-refractivity contribution is 5.79. The number of pyridine rings is 1. The molecule has 1 aliphatic carbocycles. The standard InChI is InChI=1S/C17H23N3O2/c1-12(21)20-7-5-14(6-8-20)17(22)19-11-13-9-15-3-2-4-16(15)18-10-13/h9-10,14H,2-8,11H2,1H3,(H,19,22). The largest absolute Gasteiger partial charge is 0.352 e. The van der Waals surface area contributed by atoms with Crippen LogP contribution in [0.15, 0.2) is 12.3 Å². The van der Waals surface area contributed by atoms with Gasteiger partial charge < -0.3 is 10.2 Å². The van der Waals surface area contributed by atoms with Crippen molar-refractivity contribution < 1.29 is 9.59 Å². The summed E-state index contributed by atoms with van der Waals surface area (Å²) in [6.07, 6.45) is 6.77. The molecule has 22 heavy (non-hydrogen) atoms. The van der Waals surface area contributed by atoms with Crippen LogP contribution in [-0.2, 0) is 29.0 Å². The van der Waals surface area contributed by atoms with Gasteiger partial charge in [-0.25, -0.2) is 0 Å². The van der Waals surface area contributed by atoms with Gasteiger partial charge in [0.15, 0.2) is 0 Å². The van der Waals surface area contributed by atoms with Crippen LogP contribution in [0.5, 0.6) is 0 Å². The third kappa shape index (κ3) is 3.29. The molecule has 5 nitrogen and oxygen atoms in total. The number of carbonyl (C=O) groups excluding carboxylic acids is 2. The summed E-state index contributed by atoms with van der Waals surface area (Å²) in [6.45, 7) is 3.51. The molecule has 1 fully saturated rings. The van der Waals surface area contributed by atoms with Gasteiger partial charge in [0.05, 0.1) is 0 Å². The summed E-state index contributed by atoms with van der Waals surface area (Å²) in [5.74, 6) is 0.227. The molecule has 0 unspecified atom stereocenters. The molecule has 2 amide bonds. The molecule has 0 aromatic carbocycles. The van der Waals surface area contributed by atoms with Gasteiger partial charge in [0, 0.05) is 44.4 Å². The van der Waals surface area contributed by atoms with E-state index in [-0.39, 0.29) is 17.7 Å². The van der Waals surface area contributed by atoms with Crippen molar-refractivity contribution in [3.63, 3.8) is 0 Å². The number of aromatic nitrogens is 1. The molecular weight excluding hydrogens is 278 g/mol. The molecule has 2 aliphatic rings. The molecular formula is C17H23N3O2. The van der Waals surface area contributed by atoms with Gasteiger partial charge in [0.2, 0.25) is 11.8 Å². The maximum atomic E-state index is 12.2. The lowest BCUT2D eigenvalue weighted by atomic mass is 9.96. The number of hydrogen-bond donors (Lipinski definition) is 1. The smallest absolute Gasteiger partial charge is 0.223 e. The van der Waals surface area contributed by atoms with Crippen LogP contribution >= 0.6 is 0 Å². The zero-order chi connectivity index (χ0) is 15.5. The van der Waals surface area contributed by atoms with Crippen LogP contribution in [0, 0.1) is 5.92 Å². The van der Waals surface area contributed by atoms with Gasteiger partial charge in [-0.05, 0) is 43.2 Å². The van der Waals surface area contributed by atoms with E-state index in [9.17, 15) is 9.59 Å². The summed E-state index contributed by atoms with van der Waals surface area (Å²) in [5, 5.41) is 3.02. The summed E-state index contributed by atoms with van der Waals surface area (Å²) < 4.78 is 0. The van der Waals surface area contributed by atoms with E-state index in [1.165, 1.54) is 17.7 Å². The molecule has 2 heterocycles. The minimum Gasteiger partial charge on any atom is -0.352 e. The number of aryl methyl sites for hydroxylation is 2. The van der Waals surface area contributed by atoms with Gasteiger partial charge in [-0.3, -0.25) is 14.6 Å². The Hall–Kier alpha value is -1.91. The van der Waals surface area contributed by atoms with Crippen molar-refractivity contribution in [2.75, 3.05) is 13.1 Å². The Balaban J connectivity index is 1.49. The first-order valence-electron chi connectivity index (χ1n) is 8.13. The normalized spacial score (nSPS) is 18.1. The Morgan fingerprint density at radius 3 is 2.82 bits per heavy atom. The Labute approximate surface area is 131 Å². The molecule has 5 heteroatoms. The predicted octanol–water partition coefficient (Wildman–Crippen LogP) is 1.44. The monoisotopic (exact) mass is 301 g/mol. The van der Waals surface area contributed by atoms with Crippen LogP contribution < -0.4 is 5.32 Å². The fourth-order valence-corrected chi connectivity index (χ4v) is 3.36. The molecule has 0 atom stereocenters. The number of amides is 2. The Bertz CT molecular complexity index is 577. The van der Waals surface area contributed by atoms with E-state index in [4.69, 9.17) is 0 Å². The van der Waals surface area contributed by atoms with Gasteiger partial charge in [-0.2, -0.15) is 0 Å². The molecule has 1 N–H and O–H groups in total. The second-order valence-electron chi connectivity index (χ2n) is 6.30. The van der Waals surface area contributed by atoms with Crippen LogP contribution in [0.2, 0.25) is 0 Å². The molecule has 1 aromatic heterocycles. The number of hydrogen-bond acceptors (Lipinski definition) is 3. The number of likely N-dealkylation sites (tertiary alicyclic amines) is 1. The first-order chi connectivity index (χ1) is 10.6. The highest BCUT2D eigenvalue weighted by atomic mass is 16.2. The maximum Gasteiger partial charge on any atom is 0.223 e. The molecule has 0 saturated carbocycles. The number of rotatable bonds is 3. The Kier molecular flexibility index (Phi) is 4.41. The van der Waals surface area contributed by atoms with E-state index in [1.54, 1.807) is 6.92 Å². The maximum absolute atomic E-state index is 12.2. The average molecular weight is 301 g/mol. The van der Waals surface area contributed by atoms with Crippen molar-refractivity contribution in [1.82, 2.24) is 15.2 Å². The quantitative estimate of drug-likeness (QED) is 0.919. The molecule has 1 saturated heterocycles. The lowest BCUT2D eigenvalue weighted by Crippen LogP contribution is -2.42. The summed E-state index contributed by atoms with van der Waals surface area (Å²) >= 11 is 0. The van der Waals surface area contributed by atoms with Gasteiger partial charge in [-0.1, -0.05) is 6.07 Å². The van der Waals surface area contributed by atoms with Crippen LogP contribution in [0.4, 0.5) is 0 Å². The SMILES string of the molecule is CC(=O)N1CCC(C(=O)NCc2cnc3c(c2)CCC3)CC1. The highest BCUT2D eigenvalue weighted by Crippen LogP contribution is 2.21. The van der Waals surface area contributed by atoms with Crippen LogP contribution in [0.1, 0.15) is 43.0 Å². The average Bonchev–Trinajstić information content (AvgIpc) is 3.00. The van der Waals surface area contributed by atoms with Crippen molar-refractivity contribution >= 4 is 11.8 Å². The van der Waals surface area contributed by atoms with E-state index < -0.39 is 0 Å². The fourth-order valence-electron chi connectivity index (χ4n) is 3.36. The Morgan fingerprint density at radius 2 is 2.09 bits per heavy atom. The van der Waals surface area contributed by atoms with E-state index >= 15 is 0 Å². The summed E-state index contributed by atoms with van der Waals surface area (Å²) in [4.78, 5) is 29.8. The zero-order valence-electron chi connectivity index (χ0n) is 13.1. The third-order valence-corrected chi connectivity index (χ3v) is 4.75. The molecule has 1 aromatic rings. The van der Waals surface area contributed by atoms with Crippen molar-refractivity contribution in [1.29, 1.82) is 0 Å². The number of fused-ring (bicyclic) bond motifs is 1. The van der Waals surface area contributed by atoms with E-state index in [0.29, 0.717) is 19.6 Å². The second kappa shape index (κ2) is 6.46. The number of nitrogens with one attached hydrogen (secondary N) is 1. The van der Waals surface area contributed by atoms with E-state index in [1.807, 2.05) is 11.1 Å². The van der Waals surface area contributed by atoms with E-state index in [2.05, 4.69) is 16.4 Å². The number of carbonyl (C=O) groups is 2. The minimum atomic E-state index is 0.0259. The predicted molar refractivity (Wildman–Crippen MR) is 83.1 cm³/mol. The van der Waals surface area contributed by atoms with Crippen LogP contribution in [-0.4, -0.2) is 34.8 Å². The number of piperidine rings is 1. The van der Waals surface area contributed by atoms with Gasteiger partial charge in [0.1, 0.15) is 0 Å². The minimum absolute atomic E-state index is 0.0259. The van der Waals surface area contributed by atoms with Gasteiger partial charge in [-0.15, -0.1) is 0 Å². The summed E-state index contributed by atoms with van der Waals surface area (Å²) in [6, 6.07) is 2.17. The topological polar surface area (TPSA) is 62.3 Å².